The summed E-state index contributed by atoms with van der Waals surface area (Å²) in [5.41, 5.74) is 0.449. The Labute approximate surface area is 202 Å². The molecule has 0 aromatic heterocycles. The standard InChI is InChI=1S/C26H39N3O5/c1-4-13-28-14-8-11-26(28)12-15-29(25(26)34)19(3)23(31)27-21(17-20-9-6-5-7-10-20)22(30)16-18(2)24(32)33/h5-7,9-10,18-19,21-22,30H,4,8,11-17H2,1-3H3,(H,27,31)(H,32,33)/t18-,19+,21+,22+,26+/m1/s1. The number of carboxylic acids is 1. The first-order valence-corrected chi connectivity index (χ1v) is 12.5. The molecule has 0 aliphatic carbocycles. The van der Waals surface area contributed by atoms with Crippen LogP contribution in [0.1, 0.15) is 58.4 Å². The van der Waals surface area contributed by atoms with Crippen LogP contribution in [-0.2, 0) is 20.8 Å². The van der Waals surface area contributed by atoms with Crippen LogP contribution in [0, 0.1) is 5.92 Å². The zero-order valence-corrected chi connectivity index (χ0v) is 20.6. The van der Waals surface area contributed by atoms with Crippen LogP contribution in [0.2, 0.25) is 0 Å². The number of benzene rings is 1. The Morgan fingerprint density at radius 2 is 1.85 bits per heavy atom. The van der Waals surface area contributed by atoms with Gasteiger partial charge in [-0.25, -0.2) is 0 Å². The minimum Gasteiger partial charge on any atom is -0.481 e. The van der Waals surface area contributed by atoms with E-state index in [1.807, 2.05) is 30.3 Å². The fourth-order valence-corrected chi connectivity index (χ4v) is 5.43. The highest BCUT2D eigenvalue weighted by Crippen LogP contribution is 2.39. The zero-order valence-electron chi connectivity index (χ0n) is 20.6. The molecule has 1 spiro atoms. The van der Waals surface area contributed by atoms with Crippen LogP contribution < -0.4 is 5.32 Å². The largest absolute Gasteiger partial charge is 0.481 e. The number of hydrogen-bond acceptors (Lipinski definition) is 5. The van der Waals surface area contributed by atoms with Crippen molar-refractivity contribution in [3.63, 3.8) is 0 Å². The molecule has 3 rings (SSSR count). The third kappa shape index (κ3) is 5.61. The molecular weight excluding hydrogens is 434 g/mol. The number of likely N-dealkylation sites (tertiary alicyclic amines) is 2. The Morgan fingerprint density at radius 1 is 1.15 bits per heavy atom. The molecule has 2 aliphatic heterocycles. The Kier molecular flexibility index (Phi) is 8.71. The molecule has 1 aromatic carbocycles. The van der Waals surface area contributed by atoms with Gasteiger partial charge in [-0.2, -0.15) is 0 Å². The van der Waals surface area contributed by atoms with Gasteiger partial charge < -0.3 is 20.4 Å². The van der Waals surface area contributed by atoms with Gasteiger partial charge in [-0.3, -0.25) is 19.3 Å². The predicted octanol–water partition coefficient (Wildman–Crippen LogP) is 2.05. The average molecular weight is 474 g/mol. The molecule has 2 heterocycles. The first-order valence-electron chi connectivity index (χ1n) is 12.5. The van der Waals surface area contributed by atoms with E-state index in [1.54, 1.807) is 18.7 Å². The van der Waals surface area contributed by atoms with Crippen LogP contribution in [0.15, 0.2) is 30.3 Å². The van der Waals surface area contributed by atoms with E-state index in [4.69, 9.17) is 0 Å². The van der Waals surface area contributed by atoms with E-state index < -0.39 is 35.6 Å². The van der Waals surface area contributed by atoms with Gasteiger partial charge in [0.25, 0.3) is 0 Å². The van der Waals surface area contributed by atoms with Gasteiger partial charge in [-0.15, -0.1) is 0 Å². The van der Waals surface area contributed by atoms with Crippen molar-refractivity contribution in [3.05, 3.63) is 35.9 Å². The lowest BCUT2D eigenvalue weighted by atomic mass is 9.93. The van der Waals surface area contributed by atoms with Gasteiger partial charge in [0, 0.05) is 6.54 Å². The molecule has 8 heteroatoms. The van der Waals surface area contributed by atoms with Gasteiger partial charge in [-0.1, -0.05) is 44.2 Å². The normalized spacial score (nSPS) is 24.2. The number of carboxylic acid groups (broad SMARTS) is 1. The van der Waals surface area contributed by atoms with E-state index in [-0.39, 0.29) is 18.2 Å². The summed E-state index contributed by atoms with van der Waals surface area (Å²) < 4.78 is 0. The van der Waals surface area contributed by atoms with Gasteiger partial charge >= 0.3 is 5.97 Å². The second-order valence-corrected chi connectivity index (χ2v) is 9.89. The number of carbonyl (C=O) groups excluding carboxylic acids is 2. The summed E-state index contributed by atoms with van der Waals surface area (Å²) in [6.45, 7) is 7.73. The molecule has 188 valence electrons. The van der Waals surface area contributed by atoms with Crippen molar-refractivity contribution >= 4 is 17.8 Å². The lowest BCUT2D eigenvalue weighted by Crippen LogP contribution is -2.56. The van der Waals surface area contributed by atoms with Gasteiger partial charge in [0.2, 0.25) is 11.8 Å². The highest BCUT2D eigenvalue weighted by Gasteiger charge is 2.54. The molecule has 2 fully saturated rings. The fourth-order valence-electron chi connectivity index (χ4n) is 5.43. The Hall–Kier alpha value is -2.45. The molecule has 2 aliphatic rings. The van der Waals surface area contributed by atoms with Crippen molar-refractivity contribution in [1.29, 1.82) is 0 Å². The maximum atomic E-state index is 13.5. The predicted molar refractivity (Wildman–Crippen MR) is 129 cm³/mol. The van der Waals surface area contributed by atoms with Gasteiger partial charge in [-0.05, 0) is 64.1 Å². The van der Waals surface area contributed by atoms with Crippen molar-refractivity contribution in [3.8, 4) is 0 Å². The summed E-state index contributed by atoms with van der Waals surface area (Å²) in [4.78, 5) is 42.0. The first kappa shape index (κ1) is 26.2. The number of carbonyl (C=O) groups is 3. The average Bonchev–Trinajstić information content (AvgIpc) is 3.37. The number of nitrogens with one attached hydrogen (secondary N) is 1. The Balaban J connectivity index is 1.71. The summed E-state index contributed by atoms with van der Waals surface area (Å²) in [5.74, 6) is -2.03. The molecule has 1 aromatic rings. The molecule has 3 N–H and O–H groups in total. The van der Waals surface area contributed by atoms with Gasteiger partial charge in [0.05, 0.1) is 18.1 Å². The molecule has 8 nitrogen and oxygen atoms in total. The lowest BCUT2D eigenvalue weighted by molar-refractivity contribution is -0.144. The number of nitrogens with zero attached hydrogens (tertiary/aromatic N) is 2. The van der Waals surface area contributed by atoms with Gasteiger partial charge in [0.15, 0.2) is 0 Å². The summed E-state index contributed by atoms with van der Waals surface area (Å²) in [6, 6.07) is 8.15. The molecule has 2 amide bonds. The summed E-state index contributed by atoms with van der Waals surface area (Å²) in [5, 5.41) is 23.0. The Bertz CT molecular complexity index is 863. The van der Waals surface area contributed by atoms with E-state index in [9.17, 15) is 24.6 Å². The van der Waals surface area contributed by atoms with Crippen molar-refractivity contribution in [2.24, 2.45) is 5.92 Å². The van der Waals surface area contributed by atoms with Crippen LogP contribution >= 0.6 is 0 Å². The molecule has 2 saturated heterocycles. The van der Waals surface area contributed by atoms with Crippen LogP contribution in [0.25, 0.3) is 0 Å². The van der Waals surface area contributed by atoms with E-state index >= 15 is 0 Å². The second kappa shape index (κ2) is 11.3. The van der Waals surface area contributed by atoms with Crippen LogP contribution in [0.5, 0.6) is 0 Å². The third-order valence-corrected chi connectivity index (χ3v) is 7.50. The van der Waals surface area contributed by atoms with E-state index in [1.165, 1.54) is 0 Å². The quantitative estimate of drug-likeness (QED) is 0.454. The number of aliphatic hydroxyl groups excluding tert-OH is 1. The summed E-state index contributed by atoms with van der Waals surface area (Å²) >= 11 is 0. The number of aliphatic hydroxyl groups is 1. The maximum absolute atomic E-state index is 13.5. The molecule has 0 radical (unpaired) electrons. The van der Waals surface area contributed by atoms with Crippen LogP contribution in [-0.4, -0.2) is 81.2 Å². The SMILES string of the molecule is CCCN1CCC[C@@]12CCN([C@@H](C)C(=O)N[C@@H](Cc1ccccc1)[C@@H](O)C[C@@H](C)C(=O)O)C2=O. The highest BCUT2D eigenvalue weighted by atomic mass is 16.4. The minimum atomic E-state index is -1.03. The highest BCUT2D eigenvalue weighted by molar-refractivity contribution is 5.94. The Morgan fingerprint density at radius 3 is 2.50 bits per heavy atom. The topological polar surface area (TPSA) is 110 Å². The first-order chi connectivity index (χ1) is 16.2. The molecule has 5 atom stereocenters. The molecule has 0 saturated carbocycles. The second-order valence-electron chi connectivity index (χ2n) is 9.89. The molecule has 34 heavy (non-hydrogen) atoms. The molecule has 0 bridgehead atoms. The number of amides is 2. The zero-order chi connectivity index (χ0) is 24.9. The van der Waals surface area contributed by atoms with E-state index in [2.05, 4.69) is 17.1 Å². The lowest BCUT2D eigenvalue weighted by Gasteiger charge is -2.34. The van der Waals surface area contributed by atoms with Gasteiger partial charge in [0.1, 0.15) is 11.6 Å². The molecular formula is C26H39N3O5. The van der Waals surface area contributed by atoms with Crippen LogP contribution in [0.3, 0.4) is 0 Å². The van der Waals surface area contributed by atoms with Crippen LogP contribution in [0.4, 0.5) is 0 Å². The van der Waals surface area contributed by atoms with Crippen molar-refractivity contribution in [2.75, 3.05) is 19.6 Å². The monoisotopic (exact) mass is 473 g/mol. The molecule has 0 unspecified atom stereocenters. The fraction of sp³-hybridized carbons (Fsp3) is 0.654. The van der Waals surface area contributed by atoms with E-state index in [0.717, 1.165) is 44.3 Å². The maximum Gasteiger partial charge on any atom is 0.306 e. The number of hydrogen-bond donors (Lipinski definition) is 3. The van der Waals surface area contributed by atoms with Crippen molar-refractivity contribution < 1.29 is 24.6 Å². The smallest absolute Gasteiger partial charge is 0.306 e. The summed E-state index contributed by atoms with van der Waals surface area (Å²) in [6.07, 6.45) is 2.91. The third-order valence-electron chi connectivity index (χ3n) is 7.50. The van der Waals surface area contributed by atoms with Crippen molar-refractivity contribution in [1.82, 2.24) is 15.1 Å². The summed E-state index contributed by atoms with van der Waals surface area (Å²) in [7, 11) is 0. The minimum absolute atomic E-state index is 0.0270. The van der Waals surface area contributed by atoms with E-state index in [0.29, 0.717) is 13.0 Å². The number of rotatable bonds is 11. The number of aliphatic carboxylic acids is 1. The van der Waals surface area contributed by atoms with Crippen molar-refractivity contribution in [2.45, 2.75) is 83.0 Å².